The number of halogens is 3. The predicted octanol–water partition coefficient (Wildman–Crippen LogP) is 2.34. The van der Waals surface area contributed by atoms with E-state index < -0.39 is 23.6 Å². The fraction of sp³-hybridized carbons (Fsp3) is 0.417. The molecule has 1 unspecified atom stereocenters. The Kier molecular flexibility index (Phi) is 5.05. The molecule has 0 aromatic carbocycles. The molecule has 8 heteroatoms. The number of aromatic nitrogens is 2. The Balaban J connectivity index is 3.23. The van der Waals surface area contributed by atoms with Crippen LogP contribution in [0.1, 0.15) is 31.2 Å². The zero-order valence-corrected chi connectivity index (χ0v) is 10.5. The van der Waals surface area contributed by atoms with Gasteiger partial charge in [-0.3, -0.25) is 0 Å². The fourth-order valence-corrected chi connectivity index (χ4v) is 1.54. The van der Waals surface area contributed by atoms with Gasteiger partial charge in [0.1, 0.15) is 11.8 Å². The molecular formula is C12H12F3N3O2. The van der Waals surface area contributed by atoms with Crippen molar-refractivity contribution in [3.05, 3.63) is 29.4 Å². The molecular weight excluding hydrogens is 275 g/mol. The normalized spacial score (nSPS) is 14.4. The molecule has 0 saturated heterocycles. The number of hydrogen-bond acceptors (Lipinski definition) is 5. The van der Waals surface area contributed by atoms with Crippen molar-refractivity contribution in [2.75, 3.05) is 0 Å². The lowest BCUT2D eigenvalue weighted by Crippen LogP contribution is -2.31. The smallest absolute Gasteiger partial charge is 0.418 e. The van der Waals surface area contributed by atoms with Crippen molar-refractivity contribution in [1.29, 1.82) is 5.26 Å². The van der Waals surface area contributed by atoms with Gasteiger partial charge in [-0.1, -0.05) is 13.3 Å². The molecule has 108 valence electrons. The van der Waals surface area contributed by atoms with E-state index in [1.165, 1.54) is 0 Å². The first kappa shape index (κ1) is 15.9. The highest BCUT2D eigenvalue weighted by atomic mass is 19.4. The molecule has 5 nitrogen and oxygen atoms in total. The van der Waals surface area contributed by atoms with E-state index in [2.05, 4.69) is 9.97 Å². The van der Waals surface area contributed by atoms with E-state index in [0.29, 0.717) is 6.42 Å². The monoisotopic (exact) mass is 287 g/mol. The van der Waals surface area contributed by atoms with Crippen LogP contribution in [0.5, 0.6) is 0 Å². The summed E-state index contributed by atoms with van der Waals surface area (Å²) in [5, 5.41) is 27.7. The summed E-state index contributed by atoms with van der Waals surface area (Å²) in [5.41, 5.74) is -0.635. The third kappa shape index (κ3) is 3.68. The van der Waals surface area contributed by atoms with Gasteiger partial charge in [0.25, 0.3) is 0 Å². The van der Waals surface area contributed by atoms with E-state index in [1.54, 1.807) is 13.0 Å². The van der Waals surface area contributed by atoms with Crippen LogP contribution in [0.15, 0.2) is 18.0 Å². The van der Waals surface area contributed by atoms with Crippen molar-refractivity contribution in [2.45, 2.75) is 32.0 Å². The summed E-state index contributed by atoms with van der Waals surface area (Å²) in [5.74, 6) is -0.892. The van der Waals surface area contributed by atoms with Crippen LogP contribution in [-0.4, -0.2) is 32.5 Å². The molecule has 0 aliphatic rings. The Labute approximate surface area is 113 Å². The topological polar surface area (TPSA) is 90.0 Å². The molecule has 1 heterocycles. The highest BCUT2D eigenvalue weighted by molar-refractivity contribution is 5.61. The minimum atomic E-state index is -4.87. The quantitative estimate of drug-likeness (QED) is 0.829. The zero-order valence-electron chi connectivity index (χ0n) is 10.5. The van der Waals surface area contributed by atoms with Crippen molar-refractivity contribution < 1.29 is 23.4 Å². The van der Waals surface area contributed by atoms with Gasteiger partial charge < -0.3 is 10.2 Å². The van der Waals surface area contributed by atoms with E-state index in [4.69, 9.17) is 5.26 Å². The van der Waals surface area contributed by atoms with E-state index in [0.717, 1.165) is 12.4 Å². The second-order valence-electron chi connectivity index (χ2n) is 3.98. The molecule has 0 fully saturated rings. The SMILES string of the molecule is CCC/C(=C(/O)c1cnc(C#N)nc1)C(O)C(F)(F)F. The molecule has 2 N–H and O–H groups in total. The van der Waals surface area contributed by atoms with E-state index >= 15 is 0 Å². The van der Waals surface area contributed by atoms with Crippen LogP contribution >= 0.6 is 0 Å². The largest absolute Gasteiger partial charge is 0.507 e. The molecule has 0 spiro atoms. The molecule has 0 amide bonds. The summed E-state index contributed by atoms with van der Waals surface area (Å²) in [6, 6.07) is 1.65. The number of nitrogens with zero attached hydrogens (tertiary/aromatic N) is 3. The lowest BCUT2D eigenvalue weighted by atomic mass is 10.0. The van der Waals surface area contributed by atoms with Gasteiger partial charge in [-0.05, 0) is 6.42 Å². The highest BCUT2D eigenvalue weighted by Crippen LogP contribution is 2.31. The maximum atomic E-state index is 12.5. The maximum Gasteiger partial charge on any atom is 0.418 e. The van der Waals surface area contributed by atoms with Crippen molar-refractivity contribution >= 4 is 5.76 Å². The molecule has 0 saturated carbocycles. The average Bonchev–Trinajstić information content (AvgIpc) is 2.42. The van der Waals surface area contributed by atoms with Crippen LogP contribution in [0, 0.1) is 11.3 Å². The van der Waals surface area contributed by atoms with Gasteiger partial charge in [0.2, 0.25) is 5.82 Å². The van der Waals surface area contributed by atoms with Crippen LogP contribution in [0.2, 0.25) is 0 Å². The molecule has 1 aromatic heterocycles. The summed E-state index contributed by atoms with van der Waals surface area (Å²) in [6.07, 6.45) is -5.39. The van der Waals surface area contributed by atoms with Crippen molar-refractivity contribution in [2.24, 2.45) is 0 Å². The Hall–Kier alpha value is -2.14. The second kappa shape index (κ2) is 6.34. The molecule has 1 aromatic rings. The summed E-state index contributed by atoms with van der Waals surface area (Å²) in [6.45, 7) is 1.62. The van der Waals surface area contributed by atoms with Crippen LogP contribution in [0.25, 0.3) is 5.76 Å². The Morgan fingerprint density at radius 3 is 2.35 bits per heavy atom. The standard InChI is InChI=1S/C12H12F3N3O2/c1-2-3-8(11(20)12(13,14)15)10(19)7-5-17-9(4-16)18-6-7/h5-6,11,19-20H,2-3H2,1H3/b10-8-. The van der Waals surface area contributed by atoms with E-state index in [1.807, 2.05) is 0 Å². The number of aliphatic hydroxyl groups excluding tert-OH is 2. The third-order valence-corrected chi connectivity index (χ3v) is 2.49. The first-order valence-corrected chi connectivity index (χ1v) is 5.70. The molecule has 0 radical (unpaired) electrons. The molecule has 0 bridgehead atoms. The highest BCUT2D eigenvalue weighted by Gasteiger charge is 2.41. The first-order valence-electron chi connectivity index (χ1n) is 5.70. The van der Waals surface area contributed by atoms with Gasteiger partial charge in [0, 0.05) is 18.0 Å². The number of nitriles is 1. The molecule has 0 aliphatic heterocycles. The summed E-state index contributed by atoms with van der Waals surface area (Å²) in [4.78, 5) is 7.11. The number of rotatable bonds is 4. The lowest BCUT2D eigenvalue weighted by Gasteiger charge is -2.19. The minimum absolute atomic E-state index is 0.0873. The minimum Gasteiger partial charge on any atom is -0.507 e. The maximum absolute atomic E-state index is 12.5. The Bertz CT molecular complexity index is 532. The van der Waals surface area contributed by atoms with Crippen molar-refractivity contribution in [1.82, 2.24) is 9.97 Å². The van der Waals surface area contributed by atoms with Crippen LogP contribution in [-0.2, 0) is 0 Å². The van der Waals surface area contributed by atoms with Crippen molar-refractivity contribution in [3.8, 4) is 6.07 Å². The molecule has 20 heavy (non-hydrogen) atoms. The number of alkyl halides is 3. The molecule has 1 atom stereocenters. The van der Waals surface area contributed by atoms with Crippen LogP contribution in [0.3, 0.4) is 0 Å². The molecule has 1 rings (SSSR count). The van der Waals surface area contributed by atoms with Crippen molar-refractivity contribution in [3.63, 3.8) is 0 Å². The number of aliphatic hydroxyl groups is 2. The Morgan fingerprint density at radius 1 is 1.40 bits per heavy atom. The van der Waals surface area contributed by atoms with Gasteiger partial charge in [-0.25, -0.2) is 9.97 Å². The number of hydrogen-bond donors (Lipinski definition) is 2. The molecule has 0 aliphatic carbocycles. The van der Waals surface area contributed by atoms with Gasteiger partial charge in [0.05, 0.1) is 5.56 Å². The Morgan fingerprint density at radius 2 is 1.95 bits per heavy atom. The van der Waals surface area contributed by atoms with Crippen LogP contribution < -0.4 is 0 Å². The van der Waals surface area contributed by atoms with E-state index in [-0.39, 0.29) is 17.8 Å². The second-order valence-corrected chi connectivity index (χ2v) is 3.98. The predicted molar refractivity (Wildman–Crippen MR) is 63.3 cm³/mol. The van der Waals surface area contributed by atoms with E-state index in [9.17, 15) is 23.4 Å². The summed E-state index contributed by atoms with van der Waals surface area (Å²) >= 11 is 0. The first-order chi connectivity index (χ1) is 9.31. The van der Waals surface area contributed by atoms with Gasteiger partial charge in [-0.15, -0.1) is 0 Å². The van der Waals surface area contributed by atoms with Crippen LogP contribution in [0.4, 0.5) is 13.2 Å². The summed E-state index contributed by atoms with van der Waals surface area (Å²) < 4.78 is 37.6. The summed E-state index contributed by atoms with van der Waals surface area (Å²) in [7, 11) is 0. The fourth-order valence-electron chi connectivity index (χ4n) is 1.54. The van der Waals surface area contributed by atoms with Gasteiger partial charge >= 0.3 is 6.18 Å². The third-order valence-electron chi connectivity index (χ3n) is 2.49. The van der Waals surface area contributed by atoms with Gasteiger partial charge in [-0.2, -0.15) is 18.4 Å². The average molecular weight is 287 g/mol. The lowest BCUT2D eigenvalue weighted by molar-refractivity contribution is -0.192. The zero-order chi connectivity index (χ0) is 15.3. The van der Waals surface area contributed by atoms with Gasteiger partial charge in [0.15, 0.2) is 6.10 Å².